The maximum Gasteiger partial charge on any atom is 0.227 e. The number of rotatable bonds is 5. The number of nitrogens with one attached hydrogen (secondary N) is 2. The van der Waals surface area contributed by atoms with Crippen LogP contribution in [0.1, 0.15) is 32.3 Å². The molecule has 0 aromatic carbocycles. The van der Waals surface area contributed by atoms with Gasteiger partial charge in [-0.3, -0.25) is 4.79 Å². The number of carbonyl (C=O) groups excluding carboxylic acids is 1. The summed E-state index contributed by atoms with van der Waals surface area (Å²) in [5, 5.41) is 3.03. The van der Waals surface area contributed by atoms with Crippen LogP contribution in [0.25, 0.3) is 0 Å². The summed E-state index contributed by atoms with van der Waals surface area (Å²) in [4.78, 5) is 15.0. The standard InChI is InChI=1S/C13H21N3O/c1-12(2,10-3-6-15-7-10)9-16-11(17)13(8-14)4-5-13/h3,6-7,15H,4-5,8-9,14H2,1-2H3,(H,16,17). The summed E-state index contributed by atoms with van der Waals surface area (Å²) in [5.41, 5.74) is 6.53. The highest BCUT2D eigenvalue weighted by atomic mass is 16.2. The molecule has 2 rings (SSSR count). The van der Waals surface area contributed by atoms with Gasteiger partial charge in [0.1, 0.15) is 0 Å². The molecule has 1 aromatic rings. The van der Waals surface area contributed by atoms with Gasteiger partial charge in [-0.1, -0.05) is 13.8 Å². The third-order valence-corrected chi connectivity index (χ3v) is 3.80. The van der Waals surface area contributed by atoms with Gasteiger partial charge in [0.15, 0.2) is 0 Å². The van der Waals surface area contributed by atoms with Gasteiger partial charge < -0.3 is 16.0 Å². The zero-order valence-electron chi connectivity index (χ0n) is 10.5. The topological polar surface area (TPSA) is 70.9 Å². The lowest BCUT2D eigenvalue weighted by molar-refractivity contribution is -0.126. The van der Waals surface area contributed by atoms with Crippen molar-refractivity contribution in [2.45, 2.75) is 32.1 Å². The first-order valence-corrected chi connectivity index (χ1v) is 6.12. The summed E-state index contributed by atoms with van der Waals surface area (Å²) >= 11 is 0. The molecular weight excluding hydrogens is 214 g/mol. The molecule has 4 N–H and O–H groups in total. The molecule has 1 aliphatic carbocycles. The Labute approximate surface area is 102 Å². The van der Waals surface area contributed by atoms with Gasteiger partial charge in [0.05, 0.1) is 5.41 Å². The van der Waals surface area contributed by atoms with Gasteiger partial charge in [0, 0.05) is 30.9 Å². The van der Waals surface area contributed by atoms with Gasteiger partial charge in [0.25, 0.3) is 0 Å². The third-order valence-electron chi connectivity index (χ3n) is 3.80. The second kappa shape index (κ2) is 4.18. The van der Waals surface area contributed by atoms with Crippen molar-refractivity contribution in [3.05, 3.63) is 24.0 Å². The summed E-state index contributed by atoms with van der Waals surface area (Å²) in [7, 11) is 0. The van der Waals surface area contributed by atoms with Crippen LogP contribution >= 0.6 is 0 Å². The van der Waals surface area contributed by atoms with E-state index in [1.54, 1.807) is 0 Å². The number of nitrogens with two attached hydrogens (primary N) is 1. The van der Waals surface area contributed by atoms with E-state index in [1.807, 2.05) is 18.5 Å². The predicted molar refractivity (Wildman–Crippen MR) is 67.5 cm³/mol. The van der Waals surface area contributed by atoms with E-state index in [2.05, 4.69) is 24.1 Å². The molecular formula is C13H21N3O. The Morgan fingerprint density at radius 2 is 2.29 bits per heavy atom. The van der Waals surface area contributed by atoms with E-state index in [0.29, 0.717) is 13.1 Å². The quantitative estimate of drug-likeness (QED) is 0.716. The van der Waals surface area contributed by atoms with E-state index in [0.717, 1.165) is 12.8 Å². The van der Waals surface area contributed by atoms with Crippen LogP contribution in [0.4, 0.5) is 0 Å². The number of aromatic amines is 1. The molecule has 17 heavy (non-hydrogen) atoms. The highest BCUT2D eigenvalue weighted by molar-refractivity contribution is 5.85. The molecule has 1 heterocycles. The van der Waals surface area contributed by atoms with Gasteiger partial charge in [-0.15, -0.1) is 0 Å². The lowest BCUT2D eigenvalue weighted by atomic mass is 9.86. The molecule has 1 aliphatic rings. The Kier molecular flexibility index (Phi) is 3.00. The summed E-state index contributed by atoms with van der Waals surface area (Å²) in [6.07, 6.45) is 5.74. The lowest BCUT2D eigenvalue weighted by Gasteiger charge is -2.25. The van der Waals surface area contributed by atoms with Gasteiger partial charge in [-0.05, 0) is 24.5 Å². The summed E-state index contributed by atoms with van der Waals surface area (Å²) in [6.45, 7) is 5.35. The van der Waals surface area contributed by atoms with Crippen molar-refractivity contribution in [2.24, 2.45) is 11.1 Å². The Hall–Kier alpha value is -1.29. The first-order chi connectivity index (χ1) is 8.00. The van der Waals surface area contributed by atoms with Crippen molar-refractivity contribution in [2.75, 3.05) is 13.1 Å². The van der Waals surface area contributed by atoms with Crippen LogP contribution in [0.15, 0.2) is 18.5 Å². The zero-order chi connectivity index (χ0) is 12.5. The molecule has 0 saturated heterocycles. The average Bonchev–Trinajstić information content (AvgIpc) is 2.90. The highest BCUT2D eigenvalue weighted by Crippen LogP contribution is 2.44. The van der Waals surface area contributed by atoms with Gasteiger partial charge >= 0.3 is 0 Å². The number of amides is 1. The molecule has 0 bridgehead atoms. The van der Waals surface area contributed by atoms with E-state index in [1.165, 1.54) is 5.56 Å². The number of aromatic nitrogens is 1. The summed E-state index contributed by atoms with van der Waals surface area (Å²) < 4.78 is 0. The molecule has 0 unspecified atom stereocenters. The largest absolute Gasteiger partial charge is 0.367 e. The molecule has 0 atom stereocenters. The number of carbonyl (C=O) groups is 1. The Bertz CT molecular complexity index is 391. The molecule has 1 amide bonds. The number of H-pyrrole nitrogens is 1. The van der Waals surface area contributed by atoms with Crippen molar-refractivity contribution in [3.8, 4) is 0 Å². The highest BCUT2D eigenvalue weighted by Gasteiger charge is 2.48. The molecule has 1 aromatic heterocycles. The Morgan fingerprint density at radius 3 is 2.76 bits per heavy atom. The Balaban J connectivity index is 1.92. The van der Waals surface area contributed by atoms with Crippen molar-refractivity contribution >= 4 is 5.91 Å². The van der Waals surface area contributed by atoms with Gasteiger partial charge in [-0.2, -0.15) is 0 Å². The second-order valence-electron chi connectivity index (χ2n) is 5.65. The van der Waals surface area contributed by atoms with E-state index in [-0.39, 0.29) is 16.7 Å². The number of hydrogen-bond acceptors (Lipinski definition) is 2. The smallest absolute Gasteiger partial charge is 0.227 e. The van der Waals surface area contributed by atoms with Gasteiger partial charge in [-0.25, -0.2) is 0 Å². The second-order valence-corrected chi connectivity index (χ2v) is 5.65. The van der Waals surface area contributed by atoms with Gasteiger partial charge in [0.2, 0.25) is 5.91 Å². The first-order valence-electron chi connectivity index (χ1n) is 6.12. The average molecular weight is 235 g/mol. The maximum atomic E-state index is 12.0. The lowest BCUT2D eigenvalue weighted by Crippen LogP contribution is -2.42. The number of hydrogen-bond donors (Lipinski definition) is 3. The van der Waals surface area contributed by atoms with E-state index in [9.17, 15) is 4.79 Å². The minimum absolute atomic E-state index is 0.0552. The fourth-order valence-electron chi connectivity index (χ4n) is 2.01. The normalized spacial score (nSPS) is 17.8. The van der Waals surface area contributed by atoms with Crippen LogP contribution in [-0.4, -0.2) is 24.0 Å². The molecule has 4 heteroatoms. The monoisotopic (exact) mass is 235 g/mol. The van der Waals surface area contributed by atoms with Crippen molar-refractivity contribution < 1.29 is 4.79 Å². The molecule has 4 nitrogen and oxygen atoms in total. The first kappa shape index (κ1) is 12.2. The van der Waals surface area contributed by atoms with E-state index in [4.69, 9.17) is 5.73 Å². The summed E-state index contributed by atoms with van der Waals surface area (Å²) in [5.74, 6) is 0.114. The fourth-order valence-corrected chi connectivity index (χ4v) is 2.01. The molecule has 0 aliphatic heterocycles. The van der Waals surface area contributed by atoms with Crippen molar-refractivity contribution in [1.82, 2.24) is 10.3 Å². The third kappa shape index (κ3) is 2.36. The predicted octanol–water partition coefficient (Wildman–Crippen LogP) is 1.15. The van der Waals surface area contributed by atoms with Crippen LogP contribution in [0, 0.1) is 5.41 Å². The minimum atomic E-state index is -0.256. The van der Waals surface area contributed by atoms with E-state index >= 15 is 0 Å². The van der Waals surface area contributed by atoms with E-state index < -0.39 is 0 Å². The SMILES string of the molecule is CC(C)(CNC(=O)C1(CN)CC1)c1cc[nH]c1. The molecule has 0 radical (unpaired) electrons. The van der Waals surface area contributed by atoms with Crippen LogP contribution in [0.5, 0.6) is 0 Å². The summed E-state index contributed by atoms with van der Waals surface area (Å²) in [6, 6.07) is 2.04. The maximum absolute atomic E-state index is 12.0. The van der Waals surface area contributed by atoms with Crippen molar-refractivity contribution in [3.63, 3.8) is 0 Å². The molecule has 1 fully saturated rings. The minimum Gasteiger partial charge on any atom is -0.367 e. The van der Waals surface area contributed by atoms with Crippen LogP contribution < -0.4 is 11.1 Å². The van der Waals surface area contributed by atoms with Crippen LogP contribution in [-0.2, 0) is 10.2 Å². The fraction of sp³-hybridized carbons (Fsp3) is 0.615. The van der Waals surface area contributed by atoms with Crippen LogP contribution in [0.2, 0.25) is 0 Å². The molecule has 0 spiro atoms. The van der Waals surface area contributed by atoms with Crippen molar-refractivity contribution in [1.29, 1.82) is 0 Å². The Morgan fingerprint density at radius 1 is 1.59 bits per heavy atom. The molecule has 1 saturated carbocycles. The molecule has 94 valence electrons. The van der Waals surface area contributed by atoms with Crippen LogP contribution in [0.3, 0.4) is 0 Å². The zero-order valence-corrected chi connectivity index (χ0v) is 10.5.